The van der Waals surface area contributed by atoms with Gasteiger partial charge in [0, 0.05) is 24.0 Å². The van der Waals surface area contributed by atoms with Crippen LogP contribution in [0.4, 0.5) is 0 Å². The fraction of sp³-hybridized carbons (Fsp3) is 0.308. The highest BCUT2D eigenvalue weighted by Crippen LogP contribution is 2.25. The van der Waals surface area contributed by atoms with Gasteiger partial charge in [0.1, 0.15) is 5.82 Å². The molecule has 0 aliphatic heterocycles. The molecule has 1 aromatic heterocycles. The smallest absolute Gasteiger partial charge is 0.241 e. The number of benzene rings is 1. The van der Waals surface area contributed by atoms with Crippen LogP contribution in [0.15, 0.2) is 29.4 Å². The zero-order valence-corrected chi connectivity index (χ0v) is 13.3. The van der Waals surface area contributed by atoms with Gasteiger partial charge in [0.25, 0.3) is 0 Å². The molecule has 1 atom stereocenters. The van der Waals surface area contributed by atoms with Gasteiger partial charge in [0.2, 0.25) is 10.0 Å². The zero-order chi connectivity index (χ0) is 15.6. The highest BCUT2D eigenvalue weighted by atomic mass is 35.5. The van der Waals surface area contributed by atoms with E-state index >= 15 is 0 Å². The van der Waals surface area contributed by atoms with Gasteiger partial charge in [-0.1, -0.05) is 11.6 Å². The van der Waals surface area contributed by atoms with Gasteiger partial charge in [-0.05, 0) is 37.1 Å². The molecule has 2 rings (SSSR count). The van der Waals surface area contributed by atoms with Crippen molar-refractivity contribution in [3.8, 4) is 0 Å². The van der Waals surface area contributed by atoms with Crippen LogP contribution < -0.4 is 10.5 Å². The maximum absolute atomic E-state index is 12.5. The first-order valence-corrected chi connectivity index (χ1v) is 8.22. The minimum atomic E-state index is -3.72. The van der Waals surface area contributed by atoms with E-state index in [2.05, 4.69) is 14.7 Å². The van der Waals surface area contributed by atoms with Crippen molar-refractivity contribution in [1.29, 1.82) is 0 Å². The molecule has 1 unspecified atom stereocenters. The van der Waals surface area contributed by atoms with Crippen LogP contribution in [0.1, 0.15) is 29.9 Å². The third kappa shape index (κ3) is 3.44. The van der Waals surface area contributed by atoms with E-state index in [-0.39, 0.29) is 11.4 Å². The molecule has 0 fully saturated rings. The number of nitrogens with zero attached hydrogens (tertiary/aromatic N) is 1. The Morgan fingerprint density at radius 2 is 2.19 bits per heavy atom. The van der Waals surface area contributed by atoms with Crippen molar-refractivity contribution in [2.24, 2.45) is 5.73 Å². The number of sulfonamides is 1. The van der Waals surface area contributed by atoms with Crippen LogP contribution in [0.5, 0.6) is 0 Å². The summed E-state index contributed by atoms with van der Waals surface area (Å²) < 4.78 is 27.6. The van der Waals surface area contributed by atoms with E-state index in [9.17, 15) is 8.42 Å². The van der Waals surface area contributed by atoms with Crippen molar-refractivity contribution in [2.75, 3.05) is 0 Å². The second-order valence-electron chi connectivity index (χ2n) is 4.71. The van der Waals surface area contributed by atoms with Crippen molar-refractivity contribution < 1.29 is 8.42 Å². The van der Waals surface area contributed by atoms with Crippen LogP contribution in [-0.2, 0) is 16.6 Å². The summed E-state index contributed by atoms with van der Waals surface area (Å²) >= 11 is 5.98. The number of aromatic amines is 1. The third-order valence-electron chi connectivity index (χ3n) is 3.20. The number of hydrogen-bond acceptors (Lipinski definition) is 4. The highest BCUT2D eigenvalue weighted by Gasteiger charge is 2.23. The minimum absolute atomic E-state index is 0.133. The summed E-state index contributed by atoms with van der Waals surface area (Å²) in [5.74, 6) is 0.539. The lowest BCUT2D eigenvalue weighted by atomic mass is 10.1. The predicted octanol–water partition coefficient (Wildman–Crippen LogP) is 1.87. The molecule has 0 saturated heterocycles. The van der Waals surface area contributed by atoms with Gasteiger partial charge in [0.05, 0.1) is 10.9 Å². The first-order valence-electron chi connectivity index (χ1n) is 6.36. The minimum Gasteiger partial charge on any atom is -0.347 e. The average Bonchev–Trinajstić information content (AvgIpc) is 2.94. The van der Waals surface area contributed by atoms with Crippen molar-refractivity contribution in [3.63, 3.8) is 0 Å². The number of aromatic nitrogens is 2. The van der Waals surface area contributed by atoms with Gasteiger partial charge in [-0.3, -0.25) is 0 Å². The molecular formula is C13H17ClN4O2S. The Bertz CT molecular complexity index is 729. The fourth-order valence-electron chi connectivity index (χ4n) is 2.07. The quantitative estimate of drug-likeness (QED) is 0.779. The Kier molecular flexibility index (Phi) is 4.67. The van der Waals surface area contributed by atoms with E-state index in [0.717, 1.165) is 0 Å². The SMILES string of the molecule is Cc1c(CN)cc(Cl)cc1S(=O)(=O)NC(C)c1ncc[nH]1. The van der Waals surface area contributed by atoms with E-state index in [1.807, 2.05) is 0 Å². The second kappa shape index (κ2) is 6.15. The Hall–Kier alpha value is -1.41. The van der Waals surface area contributed by atoms with E-state index in [0.29, 0.717) is 22.0 Å². The molecule has 0 bridgehead atoms. The Balaban J connectivity index is 2.38. The Labute approximate surface area is 128 Å². The normalized spacial score (nSPS) is 13.3. The standard InChI is InChI=1S/C13H17ClN4O2S/c1-8-10(7-15)5-11(14)6-12(8)21(19,20)18-9(2)13-16-3-4-17-13/h3-6,9,18H,7,15H2,1-2H3,(H,16,17). The van der Waals surface area contributed by atoms with Gasteiger partial charge in [-0.15, -0.1) is 0 Å². The molecule has 2 aromatic rings. The molecule has 6 nitrogen and oxygen atoms in total. The van der Waals surface area contributed by atoms with Crippen molar-refractivity contribution in [1.82, 2.24) is 14.7 Å². The zero-order valence-electron chi connectivity index (χ0n) is 11.7. The Morgan fingerprint density at radius 1 is 1.48 bits per heavy atom. The van der Waals surface area contributed by atoms with Crippen LogP contribution in [0.25, 0.3) is 0 Å². The number of imidazole rings is 1. The lowest BCUT2D eigenvalue weighted by Crippen LogP contribution is -2.28. The molecule has 8 heteroatoms. The lowest BCUT2D eigenvalue weighted by Gasteiger charge is -2.16. The first kappa shape index (κ1) is 16.0. The van der Waals surface area contributed by atoms with Crippen LogP contribution in [0.3, 0.4) is 0 Å². The number of rotatable bonds is 5. The summed E-state index contributed by atoms with van der Waals surface area (Å²) in [6.07, 6.45) is 3.20. The summed E-state index contributed by atoms with van der Waals surface area (Å²) in [6.45, 7) is 3.65. The van der Waals surface area contributed by atoms with Crippen molar-refractivity contribution in [2.45, 2.75) is 31.3 Å². The van der Waals surface area contributed by atoms with E-state index in [1.165, 1.54) is 6.07 Å². The van der Waals surface area contributed by atoms with E-state index < -0.39 is 16.1 Å². The second-order valence-corrected chi connectivity index (χ2v) is 6.83. The van der Waals surface area contributed by atoms with Gasteiger partial charge < -0.3 is 10.7 Å². The van der Waals surface area contributed by atoms with Gasteiger partial charge >= 0.3 is 0 Å². The molecular weight excluding hydrogens is 312 g/mol. The number of nitrogens with two attached hydrogens (primary N) is 1. The summed E-state index contributed by atoms with van der Waals surface area (Å²) in [5.41, 5.74) is 6.92. The molecule has 1 heterocycles. The summed E-state index contributed by atoms with van der Waals surface area (Å²) in [7, 11) is -3.72. The monoisotopic (exact) mass is 328 g/mol. The molecule has 0 aliphatic rings. The van der Waals surface area contributed by atoms with E-state index in [1.54, 1.807) is 32.3 Å². The molecule has 1 aromatic carbocycles. The maximum Gasteiger partial charge on any atom is 0.241 e. The molecule has 0 amide bonds. The van der Waals surface area contributed by atoms with Crippen LogP contribution in [0, 0.1) is 6.92 Å². The largest absolute Gasteiger partial charge is 0.347 e. The highest BCUT2D eigenvalue weighted by molar-refractivity contribution is 7.89. The van der Waals surface area contributed by atoms with Crippen LogP contribution >= 0.6 is 11.6 Å². The first-order chi connectivity index (χ1) is 9.85. The van der Waals surface area contributed by atoms with Crippen LogP contribution in [0.2, 0.25) is 5.02 Å². The molecule has 0 spiro atoms. The van der Waals surface area contributed by atoms with Gasteiger partial charge in [0.15, 0.2) is 0 Å². The number of hydrogen-bond donors (Lipinski definition) is 3. The Morgan fingerprint density at radius 3 is 2.76 bits per heavy atom. The number of H-pyrrole nitrogens is 1. The molecule has 0 aliphatic carbocycles. The van der Waals surface area contributed by atoms with Gasteiger partial charge in [-0.25, -0.2) is 18.1 Å². The summed E-state index contributed by atoms with van der Waals surface area (Å²) in [4.78, 5) is 7.05. The lowest BCUT2D eigenvalue weighted by molar-refractivity contribution is 0.560. The molecule has 4 N–H and O–H groups in total. The third-order valence-corrected chi connectivity index (χ3v) is 5.09. The maximum atomic E-state index is 12.5. The molecule has 0 saturated carbocycles. The van der Waals surface area contributed by atoms with Crippen molar-refractivity contribution >= 4 is 21.6 Å². The number of nitrogens with one attached hydrogen (secondary N) is 2. The van der Waals surface area contributed by atoms with Crippen molar-refractivity contribution in [3.05, 3.63) is 46.5 Å². The topological polar surface area (TPSA) is 101 Å². The fourth-order valence-corrected chi connectivity index (χ4v) is 3.89. The molecule has 0 radical (unpaired) electrons. The number of halogens is 1. The van der Waals surface area contributed by atoms with E-state index in [4.69, 9.17) is 17.3 Å². The van der Waals surface area contributed by atoms with Gasteiger partial charge in [-0.2, -0.15) is 0 Å². The average molecular weight is 329 g/mol. The molecule has 21 heavy (non-hydrogen) atoms. The predicted molar refractivity (Wildman–Crippen MR) is 81.4 cm³/mol. The summed E-state index contributed by atoms with van der Waals surface area (Å²) in [5, 5.41) is 0.340. The summed E-state index contributed by atoms with van der Waals surface area (Å²) in [6, 6.07) is 2.61. The van der Waals surface area contributed by atoms with Crippen LogP contribution in [-0.4, -0.2) is 18.4 Å². The molecule has 114 valence electrons.